The molecule has 1 N–H and O–H groups in total. The molecule has 0 aliphatic heterocycles. The molecule has 15 heavy (non-hydrogen) atoms. The van der Waals surface area contributed by atoms with Crippen LogP contribution in [0.2, 0.25) is 0 Å². The molecule has 0 aliphatic rings. The standard InChI is InChI=1S/C11H15O3P/c1-2-14-15(13,10-6-9-12)11-7-4-3-5-8-11/h3-8,10,12H,2,9H2,1H3/b10-6+/t15-/m1/s1. The monoisotopic (exact) mass is 226 g/mol. The van der Waals surface area contributed by atoms with Gasteiger partial charge in [-0.05, 0) is 19.1 Å². The first-order valence-corrected chi connectivity index (χ1v) is 6.51. The quantitative estimate of drug-likeness (QED) is 0.782. The molecule has 0 heterocycles. The number of aliphatic hydroxyl groups is 1. The Kier molecular flexibility index (Phi) is 4.76. The highest BCUT2D eigenvalue weighted by Crippen LogP contribution is 2.46. The van der Waals surface area contributed by atoms with Crippen molar-refractivity contribution in [2.24, 2.45) is 0 Å². The van der Waals surface area contributed by atoms with Gasteiger partial charge in [-0.2, -0.15) is 0 Å². The zero-order valence-electron chi connectivity index (χ0n) is 8.67. The molecule has 1 rings (SSSR count). The van der Waals surface area contributed by atoms with Crippen LogP contribution >= 0.6 is 7.37 Å². The van der Waals surface area contributed by atoms with Crippen molar-refractivity contribution in [3.63, 3.8) is 0 Å². The van der Waals surface area contributed by atoms with Gasteiger partial charge in [0.05, 0.1) is 13.2 Å². The van der Waals surface area contributed by atoms with Gasteiger partial charge in [0.25, 0.3) is 7.37 Å². The van der Waals surface area contributed by atoms with Gasteiger partial charge in [-0.1, -0.05) is 24.3 Å². The highest BCUT2D eigenvalue weighted by Gasteiger charge is 2.20. The summed E-state index contributed by atoms with van der Waals surface area (Å²) in [6.07, 6.45) is 1.45. The molecular weight excluding hydrogens is 211 g/mol. The van der Waals surface area contributed by atoms with E-state index in [4.69, 9.17) is 9.63 Å². The molecule has 0 unspecified atom stereocenters. The van der Waals surface area contributed by atoms with Gasteiger partial charge < -0.3 is 9.63 Å². The highest BCUT2D eigenvalue weighted by atomic mass is 31.2. The molecule has 4 heteroatoms. The van der Waals surface area contributed by atoms with E-state index < -0.39 is 7.37 Å². The number of aliphatic hydroxyl groups excluding tert-OH is 1. The van der Waals surface area contributed by atoms with Crippen molar-refractivity contribution >= 4 is 12.7 Å². The Morgan fingerprint density at radius 1 is 1.40 bits per heavy atom. The lowest BCUT2D eigenvalue weighted by molar-refractivity contribution is 0.338. The van der Waals surface area contributed by atoms with E-state index in [2.05, 4.69) is 0 Å². The highest BCUT2D eigenvalue weighted by molar-refractivity contribution is 7.70. The maximum Gasteiger partial charge on any atom is 0.254 e. The van der Waals surface area contributed by atoms with Crippen LogP contribution in [0.3, 0.4) is 0 Å². The second-order valence-corrected chi connectivity index (χ2v) is 5.18. The largest absolute Gasteiger partial charge is 0.392 e. The summed E-state index contributed by atoms with van der Waals surface area (Å²) in [6.45, 7) is 2.04. The molecule has 1 atom stereocenters. The van der Waals surface area contributed by atoms with Crippen LogP contribution in [-0.4, -0.2) is 18.3 Å². The average Bonchev–Trinajstić information content (AvgIpc) is 2.28. The first kappa shape index (κ1) is 12.2. The summed E-state index contributed by atoms with van der Waals surface area (Å²) in [7, 11) is -2.93. The van der Waals surface area contributed by atoms with Gasteiger partial charge in [-0.3, -0.25) is 4.57 Å². The maximum atomic E-state index is 12.4. The second-order valence-electron chi connectivity index (χ2n) is 2.92. The van der Waals surface area contributed by atoms with E-state index in [0.717, 1.165) is 0 Å². The molecule has 0 radical (unpaired) electrons. The van der Waals surface area contributed by atoms with Crippen molar-refractivity contribution in [2.75, 3.05) is 13.2 Å². The Bertz CT molecular complexity index is 359. The fourth-order valence-electron chi connectivity index (χ4n) is 1.22. The Hall–Kier alpha value is -0.890. The lowest BCUT2D eigenvalue weighted by Gasteiger charge is -2.13. The second kappa shape index (κ2) is 5.86. The van der Waals surface area contributed by atoms with E-state index in [9.17, 15) is 4.57 Å². The number of hydrogen-bond donors (Lipinski definition) is 1. The molecule has 0 aliphatic carbocycles. The third kappa shape index (κ3) is 3.31. The number of rotatable bonds is 5. The zero-order valence-corrected chi connectivity index (χ0v) is 9.56. The summed E-state index contributed by atoms with van der Waals surface area (Å²) < 4.78 is 17.6. The van der Waals surface area contributed by atoms with E-state index >= 15 is 0 Å². The number of benzene rings is 1. The third-order valence-corrected chi connectivity index (χ3v) is 4.11. The molecular formula is C11H15O3P. The third-order valence-electron chi connectivity index (χ3n) is 1.84. The fraction of sp³-hybridized carbons (Fsp3) is 0.273. The van der Waals surface area contributed by atoms with E-state index in [1.54, 1.807) is 19.1 Å². The van der Waals surface area contributed by atoms with Gasteiger partial charge in [0.15, 0.2) is 0 Å². The van der Waals surface area contributed by atoms with Crippen LogP contribution in [0.5, 0.6) is 0 Å². The summed E-state index contributed by atoms with van der Waals surface area (Å²) in [5.41, 5.74) is 0. The van der Waals surface area contributed by atoms with Crippen LogP contribution in [0.25, 0.3) is 0 Å². The van der Waals surface area contributed by atoms with E-state index in [1.807, 2.05) is 18.2 Å². The zero-order chi connectivity index (χ0) is 11.1. The van der Waals surface area contributed by atoms with Crippen molar-refractivity contribution in [3.8, 4) is 0 Å². The maximum absolute atomic E-state index is 12.4. The summed E-state index contributed by atoms with van der Waals surface area (Å²) in [5, 5.41) is 9.33. The van der Waals surface area contributed by atoms with Gasteiger partial charge in [0, 0.05) is 11.1 Å². The molecule has 1 aromatic rings. The van der Waals surface area contributed by atoms with Crippen molar-refractivity contribution < 1.29 is 14.2 Å². The molecule has 0 fully saturated rings. The minimum Gasteiger partial charge on any atom is -0.392 e. The Labute approximate surface area is 89.9 Å². The van der Waals surface area contributed by atoms with Gasteiger partial charge >= 0.3 is 0 Å². The molecule has 0 spiro atoms. The van der Waals surface area contributed by atoms with Crippen LogP contribution in [0, 0.1) is 0 Å². The fourth-order valence-corrected chi connectivity index (χ4v) is 2.97. The summed E-state index contributed by atoms with van der Waals surface area (Å²) in [5.74, 6) is 1.45. The molecule has 0 amide bonds. The van der Waals surface area contributed by atoms with Crippen LogP contribution in [0.15, 0.2) is 42.2 Å². The summed E-state index contributed by atoms with van der Waals surface area (Å²) in [6, 6.07) is 9.01. The summed E-state index contributed by atoms with van der Waals surface area (Å²) >= 11 is 0. The van der Waals surface area contributed by atoms with Gasteiger partial charge in [0.1, 0.15) is 0 Å². The van der Waals surface area contributed by atoms with Crippen molar-refractivity contribution in [2.45, 2.75) is 6.92 Å². The van der Waals surface area contributed by atoms with E-state index in [0.29, 0.717) is 11.9 Å². The van der Waals surface area contributed by atoms with Crippen LogP contribution < -0.4 is 5.30 Å². The summed E-state index contributed by atoms with van der Waals surface area (Å²) in [4.78, 5) is 0. The molecule has 1 aromatic carbocycles. The minimum absolute atomic E-state index is 0.135. The van der Waals surface area contributed by atoms with Gasteiger partial charge in [-0.25, -0.2) is 0 Å². The Balaban J connectivity index is 3.01. The average molecular weight is 226 g/mol. The first-order chi connectivity index (χ1) is 7.23. The van der Waals surface area contributed by atoms with Crippen molar-refractivity contribution in [3.05, 3.63) is 42.2 Å². The molecule has 0 saturated carbocycles. The lowest BCUT2D eigenvalue weighted by Crippen LogP contribution is -2.05. The van der Waals surface area contributed by atoms with Crippen molar-refractivity contribution in [1.82, 2.24) is 0 Å². The predicted molar refractivity (Wildman–Crippen MR) is 61.5 cm³/mol. The van der Waals surface area contributed by atoms with Gasteiger partial charge in [-0.15, -0.1) is 0 Å². The Morgan fingerprint density at radius 3 is 2.60 bits per heavy atom. The van der Waals surface area contributed by atoms with E-state index in [-0.39, 0.29) is 6.61 Å². The normalized spacial score (nSPS) is 15.3. The molecule has 0 aromatic heterocycles. The topological polar surface area (TPSA) is 46.5 Å². The van der Waals surface area contributed by atoms with Crippen LogP contribution in [-0.2, 0) is 9.09 Å². The molecule has 0 saturated heterocycles. The predicted octanol–water partition coefficient (Wildman–Crippen LogP) is 2.13. The Morgan fingerprint density at radius 2 is 2.07 bits per heavy atom. The van der Waals surface area contributed by atoms with Crippen LogP contribution in [0.4, 0.5) is 0 Å². The SMILES string of the molecule is CCO[P@](=O)(/C=C/CO)c1ccccc1. The van der Waals surface area contributed by atoms with Crippen LogP contribution in [0.1, 0.15) is 6.92 Å². The molecule has 0 bridgehead atoms. The smallest absolute Gasteiger partial charge is 0.254 e. The van der Waals surface area contributed by atoms with Gasteiger partial charge in [0.2, 0.25) is 0 Å². The lowest BCUT2D eigenvalue weighted by atomic mass is 10.4. The first-order valence-electron chi connectivity index (χ1n) is 4.81. The van der Waals surface area contributed by atoms with E-state index in [1.165, 1.54) is 11.9 Å². The molecule has 3 nitrogen and oxygen atoms in total. The number of hydrogen-bond acceptors (Lipinski definition) is 3. The molecule has 82 valence electrons. The van der Waals surface area contributed by atoms with Crippen molar-refractivity contribution in [1.29, 1.82) is 0 Å². The minimum atomic E-state index is -2.93.